The van der Waals surface area contributed by atoms with Crippen LogP contribution < -0.4 is 5.32 Å². The maximum Gasteiger partial charge on any atom is 0.137 e. The van der Waals surface area contributed by atoms with Gasteiger partial charge < -0.3 is 9.72 Å². The van der Waals surface area contributed by atoms with Crippen LogP contribution in [0.25, 0.3) is 5.65 Å². The lowest BCUT2D eigenvalue weighted by atomic mass is 9.98. The molecule has 96 valence electrons. The van der Waals surface area contributed by atoms with Gasteiger partial charge in [-0.3, -0.25) is 0 Å². The molecule has 2 heterocycles. The number of hydrogen-bond acceptors (Lipinski definition) is 2. The molecule has 2 aromatic rings. The van der Waals surface area contributed by atoms with Crippen LogP contribution in [0.15, 0.2) is 30.6 Å². The van der Waals surface area contributed by atoms with Gasteiger partial charge in [0, 0.05) is 18.9 Å². The number of rotatable bonds is 4. The molecule has 2 unspecified atom stereocenters. The van der Waals surface area contributed by atoms with E-state index in [0.29, 0.717) is 0 Å². The summed E-state index contributed by atoms with van der Waals surface area (Å²) in [6.45, 7) is 4.39. The molecule has 1 fully saturated rings. The first kappa shape index (κ1) is 11.7. The molecule has 3 rings (SSSR count). The average Bonchev–Trinajstić information content (AvgIpc) is 2.96. The predicted octanol–water partition coefficient (Wildman–Crippen LogP) is 2.86. The number of aromatic nitrogens is 2. The number of fused-ring (bicyclic) bond motifs is 1. The molecular formula is C15H21N3. The molecule has 1 aliphatic rings. The molecule has 1 N–H and O–H groups in total. The van der Waals surface area contributed by atoms with Crippen molar-refractivity contribution in [1.82, 2.24) is 14.7 Å². The van der Waals surface area contributed by atoms with Crippen molar-refractivity contribution in [2.24, 2.45) is 11.8 Å². The standard InChI is InChI=1S/C15H21N3/c1-12-5-4-6-13(12)9-16-10-14-11-18-8-3-2-7-15(18)17-14/h2-3,7-8,11-13,16H,4-6,9-10H2,1H3. The maximum absolute atomic E-state index is 4.60. The second kappa shape index (κ2) is 5.11. The molecule has 0 radical (unpaired) electrons. The van der Waals surface area contributed by atoms with Gasteiger partial charge in [0.1, 0.15) is 5.65 Å². The van der Waals surface area contributed by atoms with Gasteiger partial charge in [-0.05, 0) is 36.9 Å². The van der Waals surface area contributed by atoms with Gasteiger partial charge in [-0.1, -0.05) is 25.8 Å². The van der Waals surface area contributed by atoms with E-state index in [9.17, 15) is 0 Å². The Morgan fingerprint density at radius 3 is 3.11 bits per heavy atom. The largest absolute Gasteiger partial charge is 0.311 e. The molecular weight excluding hydrogens is 222 g/mol. The molecule has 0 spiro atoms. The Morgan fingerprint density at radius 2 is 2.33 bits per heavy atom. The van der Waals surface area contributed by atoms with Crippen molar-refractivity contribution in [2.45, 2.75) is 32.7 Å². The van der Waals surface area contributed by atoms with Gasteiger partial charge in [0.15, 0.2) is 0 Å². The summed E-state index contributed by atoms with van der Waals surface area (Å²) < 4.78 is 2.08. The van der Waals surface area contributed by atoms with Gasteiger partial charge in [-0.25, -0.2) is 4.98 Å². The second-order valence-electron chi connectivity index (χ2n) is 5.50. The Morgan fingerprint density at radius 1 is 1.39 bits per heavy atom. The lowest BCUT2D eigenvalue weighted by Crippen LogP contribution is -2.24. The van der Waals surface area contributed by atoms with Gasteiger partial charge in [-0.2, -0.15) is 0 Å². The van der Waals surface area contributed by atoms with E-state index in [2.05, 4.69) is 27.8 Å². The number of pyridine rings is 1. The molecule has 18 heavy (non-hydrogen) atoms. The number of nitrogens with zero attached hydrogens (tertiary/aromatic N) is 2. The van der Waals surface area contributed by atoms with Crippen LogP contribution in [0.2, 0.25) is 0 Å². The summed E-state index contributed by atoms with van der Waals surface area (Å²) in [5.41, 5.74) is 2.16. The Hall–Kier alpha value is -1.35. The first-order valence-electron chi connectivity index (χ1n) is 6.96. The van der Waals surface area contributed by atoms with E-state index in [1.54, 1.807) is 0 Å². The van der Waals surface area contributed by atoms with Crippen molar-refractivity contribution >= 4 is 5.65 Å². The van der Waals surface area contributed by atoms with Crippen LogP contribution in [-0.2, 0) is 6.54 Å². The van der Waals surface area contributed by atoms with Crippen LogP contribution in [0.4, 0.5) is 0 Å². The fraction of sp³-hybridized carbons (Fsp3) is 0.533. The topological polar surface area (TPSA) is 29.3 Å². The first-order chi connectivity index (χ1) is 8.83. The fourth-order valence-corrected chi connectivity index (χ4v) is 2.98. The Bertz CT molecular complexity index is 484. The van der Waals surface area contributed by atoms with E-state index in [4.69, 9.17) is 0 Å². The SMILES string of the molecule is CC1CCCC1CNCc1cn2ccccc2n1. The molecule has 0 aromatic carbocycles. The van der Waals surface area contributed by atoms with Crippen molar-refractivity contribution in [1.29, 1.82) is 0 Å². The number of imidazole rings is 1. The Kier molecular flexibility index (Phi) is 3.33. The highest BCUT2D eigenvalue weighted by molar-refractivity contribution is 5.39. The first-order valence-corrected chi connectivity index (χ1v) is 6.96. The van der Waals surface area contributed by atoms with Gasteiger partial charge in [0.2, 0.25) is 0 Å². The van der Waals surface area contributed by atoms with Crippen LogP contribution >= 0.6 is 0 Å². The molecule has 0 bridgehead atoms. The van der Waals surface area contributed by atoms with Crippen molar-refractivity contribution in [3.8, 4) is 0 Å². The van der Waals surface area contributed by atoms with Crippen molar-refractivity contribution in [3.05, 3.63) is 36.3 Å². The van der Waals surface area contributed by atoms with Gasteiger partial charge in [-0.15, -0.1) is 0 Å². The van der Waals surface area contributed by atoms with Gasteiger partial charge in [0.05, 0.1) is 5.69 Å². The molecule has 0 aliphatic heterocycles. The smallest absolute Gasteiger partial charge is 0.137 e. The van der Waals surface area contributed by atoms with E-state index in [1.807, 2.05) is 24.4 Å². The Balaban J connectivity index is 1.56. The number of hydrogen-bond donors (Lipinski definition) is 1. The quantitative estimate of drug-likeness (QED) is 0.894. The zero-order valence-electron chi connectivity index (χ0n) is 11.0. The lowest BCUT2D eigenvalue weighted by molar-refractivity contribution is 0.391. The summed E-state index contributed by atoms with van der Waals surface area (Å²) in [6, 6.07) is 6.11. The van der Waals surface area contributed by atoms with E-state index >= 15 is 0 Å². The summed E-state index contributed by atoms with van der Waals surface area (Å²) >= 11 is 0. The van der Waals surface area contributed by atoms with Crippen LogP contribution in [0.1, 0.15) is 31.9 Å². The highest BCUT2D eigenvalue weighted by Gasteiger charge is 2.22. The molecule has 0 saturated heterocycles. The van der Waals surface area contributed by atoms with Crippen LogP contribution in [0, 0.1) is 11.8 Å². The average molecular weight is 243 g/mol. The lowest BCUT2D eigenvalue weighted by Gasteiger charge is -2.15. The maximum atomic E-state index is 4.60. The van der Waals surface area contributed by atoms with Gasteiger partial charge >= 0.3 is 0 Å². The highest BCUT2D eigenvalue weighted by Crippen LogP contribution is 2.30. The third-order valence-electron chi connectivity index (χ3n) is 4.17. The molecule has 3 nitrogen and oxygen atoms in total. The van der Waals surface area contributed by atoms with Crippen molar-refractivity contribution in [2.75, 3.05) is 6.54 Å². The minimum absolute atomic E-state index is 0.863. The summed E-state index contributed by atoms with van der Waals surface area (Å²) in [5, 5.41) is 3.56. The zero-order chi connectivity index (χ0) is 12.4. The normalized spacial score (nSPS) is 23.8. The van der Waals surface area contributed by atoms with Crippen LogP contribution in [-0.4, -0.2) is 15.9 Å². The third-order valence-corrected chi connectivity index (χ3v) is 4.17. The summed E-state index contributed by atoms with van der Waals surface area (Å²) in [6.07, 6.45) is 8.35. The Labute approximate surface area is 108 Å². The predicted molar refractivity (Wildman–Crippen MR) is 73.4 cm³/mol. The zero-order valence-corrected chi connectivity index (χ0v) is 11.0. The van der Waals surface area contributed by atoms with E-state index in [1.165, 1.54) is 19.3 Å². The molecule has 3 heteroatoms. The third kappa shape index (κ3) is 2.41. The van der Waals surface area contributed by atoms with E-state index in [-0.39, 0.29) is 0 Å². The molecule has 0 amide bonds. The fourth-order valence-electron chi connectivity index (χ4n) is 2.98. The molecule has 2 aromatic heterocycles. The summed E-state index contributed by atoms with van der Waals surface area (Å²) in [4.78, 5) is 4.60. The summed E-state index contributed by atoms with van der Waals surface area (Å²) in [5.74, 6) is 1.75. The van der Waals surface area contributed by atoms with E-state index < -0.39 is 0 Å². The molecule has 1 aliphatic carbocycles. The minimum atomic E-state index is 0.863. The molecule has 1 saturated carbocycles. The van der Waals surface area contributed by atoms with E-state index in [0.717, 1.165) is 36.3 Å². The van der Waals surface area contributed by atoms with Crippen molar-refractivity contribution < 1.29 is 0 Å². The van der Waals surface area contributed by atoms with Crippen LogP contribution in [0.3, 0.4) is 0 Å². The van der Waals surface area contributed by atoms with Gasteiger partial charge in [0.25, 0.3) is 0 Å². The second-order valence-corrected chi connectivity index (χ2v) is 5.50. The highest BCUT2D eigenvalue weighted by atomic mass is 15.0. The molecule has 2 atom stereocenters. The summed E-state index contributed by atoms with van der Waals surface area (Å²) in [7, 11) is 0. The monoisotopic (exact) mass is 243 g/mol. The van der Waals surface area contributed by atoms with Crippen molar-refractivity contribution in [3.63, 3.8) is 0 Å². The van der Waals surface area contributed by atoms with Crippen LogP contribution in [0.5, 0.6) is 0 Å². The number of nitrogens with one attached hydrogen (secondary N) is 1. The minimum Gasteiger partial charge on any atom is -0.311 e.